The largest absolute Gasteiger partial charge is 0.390 e. The standard InChI is InChI=1S/C13H14FN3O2S/c14-10-3-1-2-9(4-10)8-20-13-16-5-11(7-18)17(13)6-12(15)19/h1-5,18H,6-8H2,(H2,15,19). The van der Waals surface area contributed by atoms with Gasteiger partial charge >= 0.3 is 0 Å². The Morgan fingerprint density at radius 1 is 1.50 bits per heavy atom. The lowest BCUT2D eigenvalue weighted by Gasteiger charge is -2.08. The van der Waals surface area contributed by atoms with Crippen molar-refractivity contribution in [2.45, 2.75) is 24.1 Å². The molecule has 0 fully saturated rings. The van der Waals surface area contributed by atoms with E-state index in [-0.39, 0.29) is 19.0 Å². The first kappa shape index (κ1) is 14.5. The van der Waals surface area contributed by atoms with Gasteiger partial charge in [0.15, 0.2) is 5.16 Å². The molecule has 0 aliphatic rings. The lowest BCUT2D eigenvalue weighted by atomic mass is 10.2. The van der Waals surface area contributed by atoms with Crippen molar-refractivity contribution in [3.8, 4) is 0 Å². The van der Waals surface area contributed by atoms with E-state index in [9.17, 15) is 14.3 Å². The minimum atomic E-state index is -0.509. The third-order valence-electron chi connectivity index (χ3n) is 2.63. The molecule has 0 saturated carbocycles. The number of hydrogen-bond acceptors (Lipinski definition) is 4. The summed E-state index contributed by atoms with van der Waals surface area (Å²) in [7, 11) is 0. The number of rotatable bonds is 6. The number of nitrogens with zero attached hydrogens (tertiary/aromatic N) is 2. The molecule has 1 aromatic carbocycles. The van der Waals surface area contributed by atoms with E-state index in [0.29, 0.717) is 16.6 Å². The molecule has 3 N–H and O–H groups in total. The van der Waals surface area contributed by atoms with Crippen molar-refractivity contribution in [3.05, 3.63) is 47.5 Å². The normalized spacial score (nSPS) is 10.7. The van der Waals surface area contributed by atoms with Gasteiger partial charge in [-0.2, -0.15) is 0 Å². The topological polar surface area (TPSA) is 81.1 Å². The van der Waals surface area contributed by atoms with Gasteiger partial charge in [0.25, 0.3) is 0 Å². The zero-order chi connectivity index (χ0) is 14.5. The number of amides is 1. The molecule has 1 amide bonds. The highest BCUT2D eigenvalue weighted by atomic mass is 32.2. The Morgan fingerprint density at radius 3 is 2.95 bits per heavy atom. The predicted molar refractivity (Wildman–Crippen MR) is 73.3 cm³/mol. The summed E-state index contributed by atoms with van der Waals surface area (Å²) in [6, 6.07) is 6.28. The number of nitrogens with two attached hydrogens (primary N) is 1. The quantitative estimate of drug-likeness (QED) is 0.787. The first-order chi connectivity index (χ1) is 9.60. The zero-order valence-corrected chi connectivity index (χ0v) is 11.4. The molecule has 0 saturated heterocycles. The molecule has 0 radical (unpaired) electrons. The molecule has 2 rings (SSSR count). The van der Waals surface area contributed by atoms with Crippen molar-refractivity contribution in [2.24, 2.45) is 5.73 Å². The number of carbonyl (C=O) groups is 1. The van der Waals surface area contributed by atoms with Gasteiger partial charge in [-0.15, -0.1) is 0 Å². The Hall–Kier alpha value is -1.86. The van der Waals surface area contributed by atoms with Crippen LogP contribution in [0, 0.1) is 5.82 Å². The summed E-state index contributed by atoms with van der Waals surface area (Å²) in [4.78, 5) is 15.2. The van der Waals surface area contributed by atoms with Gasteiger partial charge in [-0.05, 0) is 17.7 Å². The molecule has 20 heavy (non-hydrogen) atoms. The summed E-state index contributed by atoms with van der Waals surface area (Å²) in [6.07, 6.45) is 1.50. The summed E-state index contributed by atoms with van der Waals surface area (Å²) >= 11 is 1.35. The van der Waals surface area contributed by atoms with E-state index in [1.54, 1.807) is 10.6 Å². The van der Waals surface area contributed by atoms with Crippen molar-refractivity contribution in [2.75, 3.05) is 0 Å². The molecule has 0 spiro atoms. The number of halogens is 1. The maximum atomic E-state index is 13.1. The van der Waals surface area contributed by atoms with Crippen LogP contribution in [0.25, 0.3) is 0 Å². The SMILES string of the molecule is NC(=O)Cn1c(CO)cnc1SCc1cccc(F)c1. The number of aliphatic hydroxyl groups is 1. The Bertz CT molecular complexity index is 615. The van der Waals surface area contributed by atoms with Gasteiger partial charge in [0.05, 0.1) is 18.5 Å². The molecule has 1 heterocycles. The first-order valence-corrected chi connectivity index (χ1v) is 6.89. The van der Waals surface area contributed by atoms with Gasteiger partial charge < -0.3 is 15.4 Å². The molecule has 1 aromatic heterocycles. The van der Waals surface area contributed by atoms with Gasteiger partial charge in [0.1, 0.15) is 12.4 Å². The van der Waals surface area contributed by atoms with Crippen LogP contribution >= 0.6 is 11.8 Å². The van der Waals surface area contributed by atoms with E-state index >= 15 is 0 Å². The molecule has 0 aliphatic heterocycles. The molecule has 7 heteroatoms. The predicted octanol–water partition coefficient (Wildman–Crippen LogP) is 1.29. The second-order valence-corrected chi connectivity index (χ2v) is 5.10. The number of benzene rings is 1. The lowest BCUT2D eigenvalue weighted by Crippen LogP contribution is -2.20. The van der Waals surface area contributed by atoms with Crippen molar-refractivity contribution in [1.29, 1.82) is 0 Å². The monoisotopic (exact) mass is 295 g/mol. The summed E-state index contributed by atoms with van der Waals surface area (Å²) in [6.45, 7) is -0.262. The van der Waals surface area contributed by atoms with Crippen LogP contribution in [0.4, 0.5) is 4.39 Å². The van der Waals surface area contributed by atoms with E-state index in [4.69, 9.17) is 5.73 Å². The third kappa shape index (κ3) is 3.58. The second-order valence-electron chi connectivity index (χ2n) is 4.16. The molecule has 0 unspecified atom stereocenters. The van der Waals surface area contributed by atoms with Crippen LogP contribution in [0.2, 0.25) is 0 Å². The molecule has 0 aliphatic carbocycles. The van der Waals surface area contributed by atoms with Crippen LogP contribution < -0.4 is 5.73 Å². The van der Waals surface area contributed by atoms with E-state index < -0.39 is 5.91 Å². The van der Waals surface area contributed by atoms with Crippen LogP contribution in [0.3, 0.4) is 0 Å². The number of imidazole rings is 1. The van der Waals surface area contributed by atoms with E-state index in [1.807, 2.05) is 6.07 Å². The van der Waals surface area contributed by atoms with E-state index in [1.165, 1.54) is 30.1 Å². The molecule has 106 valence electrons. The highest BCUT2D eigenvalue weighted by molar-refractivity contribution is 7.98. The minimum Gasteiger partial charge on any atom is -0.390 e. The Morgan fingerprint density at radius 2 is 2.30 bits per heavy atom. The van der Waals surface area contributed by atoms with Gasteiger partial charge in [-0.1, -0.05) is 23.9 Å². The Balaban J connectivity index is 2.13. The highest BCUT2D eigenvalue weighted by Gasteiger charge is 2.12. The molecule has 2 aromatic rings. The van der Waals surface area contributed by atoms with Gasteiger partial charge in [-0.25, -0.2) is 9.37 Å². The highest BCUT2D eigenvalue weighted by Crippen LogP contribution is 2.23. The summed E-state index contributed by atoms with van der Waals surface area (Å²) in [5.74, 6) is -0.289. The lowest BCUT2D eigenvalue weighted by molar-refractivity contribution is -0.118. The average Bonchev–Trinajstić information content (AvgIpc) is 2.78. The van der Waals surface area contributed by atoms with Crippen molar-refractivity contribution in [1.82, 2.24) is 9.55 Å². The number of hydrogen-bond donors (Lipinski definition) is 2. The van der Waals surface area contributed by atoms with Crippen LogP contribution in [0.5, 0.6) is 0 Å². The fourth-order valence-corrected chi connectivity index (χ4v) is 2.67. The smallest absolute Gasteiger partial charge is 0.237 e. The summed E-state index contributed by atoms with van der Waals surface area (Å²) in [5.41, 5.74) is 6.51. The second kappa shape index (κ2) is 6.53. The van der Waals surface area contributed by atoms with Gasteiger partial charge in [0.2, 0.25) is 5.91 Å². The average molecular weight is 295 g/mol. The van der Waals surface area contributed by atoms with E-state index in [0.717, 1.165) is 5.56 Å². The maximum absolute atomic E-state index is 13.1. The maximum Gasteiger partial charge on any atom is 0.237 e. The summed E-state index contributed by atoms with van der Waals surface area (Å²) < 4.78 is 14.6. The number of aromatic nitrogens is 2. The molecular formula is C13H14FN3O2S. The molecule has 0 atom stereocenters. The van der Waals surface area contributed by atoms with Crippen LogP contribution in [0.15, 0.2) is 35.6 Å². The Labute approximate surface area is 119 Å². The zero-order valence-electron chi connectivity index (χ0n) is 10.6. The minimum absolute atomic E-state index is 0.0403. The van der Waals surface area contributed by atoms with Crippen LogP contribution in [-0.4, -0.2) is 20.6 Å². The molecular weight excluding hydrogens is 281 g/mol. The summed E-state index contributed by atoms with van der Waals surface area (Å²) in [5, 5.41) is 9.76. The fraction of sp³-hybridized carbons (Fsp3) is 0.231. The van der Waals surface area contributed by atoms with Crippen LogP contribution in [-0.2, 0) is 23.7 Å². The fourth-order valence-electron chi connectivity index (χ4n) is 1.73. The number of carbonyl (C=O) groups excluding carboxylic acids is 1. The van der Waals surface area contributed by atoms with Gasteiger partial charge in [0, 0.05) is 5.75 Å². The van der Waals surface area contributed by atoms with Crippen LogP contribution in [0.1, 0.15) is 11.3 Å². The number of aliphatic hydroxyl groups excluding tert-OH is 1. The van der Waals surface area contributed by atoms with Crippen molar-refractivity contribution >= 4 is 17.7 Å². The Kier molecular flexibility index (Phi) is 4.75. The van der Waals surface area contributed by atoms with Gasteiger partial charge in [-0.3, -0.25) is 4.79 Å². The van der Waals surface area contributed by atoms with Crippen molar-refractivity contribution < 1.29 is 14.3 Å². The first-order valence-electron chi connectivity index (χ1n) is 5.91. The number of thioether (sulfide) groups is 1. The third-order valence-corrected chi connectivity index (χ3v) is 3.70. The van der Waals surface area contributed by atoms with Crippen molar-refractivity contribution in [3.63, 3.8) is 0 Å². The molecule has 5 nitrogen and oxygen atoms in total. The number of primary amides is 1. The van der Waals surface area contributed by atoms with E-state index in [2.05, 4.69) is 4.98 Å². The molecule has 0 bridgehead atoms.